The van der Waals surface area contributed by atoms with Crippen LogP contribution in [0.4, 0.5) is 0 Å². The van der Waals surface area contributed by atoms with Gasteiger partial charge in [-0.2, -0.15) is 0 Å². The third kappa shape index (κ3) is 834. The molecule has 0 unspecified atom stereocenters. The maximum atomic E-state index is 6.06. The average Bonchev–Trinajstić information content (AvgIpc) is 0.811. The van der Waals surface area contributed by atoms with Gasteiger partial charge in [0, 0.05) is 0 Å². The molecule has 0 spiro atoms. The van der Waals surface area contributed by atoms with Crippen LogP contribution in [-0.4, -0.2) is 11.4 Å². The van der Waals surface area contributed by atoms with Crippen molar-refractivity contribution in [1.29, 1.82) is 5.41 Å². The van der Waals surface area contributed by atoms with Crippen molar-refractivity contribution in [3.05, 3.63) is 0 Å². The summed E-state index contributed by atoms with van der Waals surface area (Å²) in [6, 6.07) is 0. The molecule has 0 aliphatic carbocycles. The molecule has 0 rings (SSSR count). The molecule has 0 aromatic rings. The quantitative estimate of drug-likeness (QED) is 0.162. The molecule has 32 valence electrons. The van der Waals surface area contributed by atoms with E-state index in [9.17, 15) is 0 Å². The van der Waals surface area contributed by atoms with E-state index in [0.717, 1.165) is 0 Å². The first kappa shape index (κ1) is 16.3. The normalized spacial score (nSPS) is 4.00. The van der Waals surface area contributed by atoms with Gasteiger partial charge in [0.2, 0.25) is 0 Å². The van der Waals surface area contributed by atoms with E-state index >= 15 is 0 Å². The van der Waals surface area contributed by atoms with Gasteiger partial charge in [-0.15, -0.1) is 0 Å². The van der Waals surface area contributed by atoms with Crippen molar-refractivity contribution in [3.8, 4) is 0 Å². The number of hydrogen-bond acceptors (Lipinski definition) is 2. The number of nitrogens with two attached hydrogens (primary N) is 2. The van der Waals surface area contributed by atoms with Gasteiger partial charge in [-0.25, -0.2) is 0 Å². The molecule has 0 saturated carbocycles. The monoisotopic (exact) mass is 99.0 g/mol. The smallest absolute Gasteiger partial charge is 0.870 e. The van der Waals surface area contributed by atoms with Gasteiger partial charge in [0.25, 0.3) is 0 Å². The number of nitrogens with one attached hydrogen (secondary N) is 1. The first-order chi connectivity index (χ1) is 1.73. The van der Waals surface area contributed by atoms with Gasteiger partial charge in [-0.3, -0.25) is 5.41 Å². The summed E-state index contributed by atoms with van der Waals surface area (Å²) in [7, 11) is 0. The molecule has 0 amide bonds. The standard InChI is InChI=1S/CH5N3.Na.H2O/c2-1(3)4;;/h(H5,2,3,4);;1H2/q;+1;/p-1. The molecule has 0 aromatic carbocycles. The Bertz CT molecular complexity index is 33.8. The van der Waals surface area contributed by atoms with E-state index in [1.54, 1.807) is 0 Å². The summed E-state index contributed by atoms with van der Waals surface area (Å²) in [5.41, 5.74) is 8.94. The summed E-state index contributed by atoms with van der Waals surface area (Å²) in [6.07, 6.45) is 0. The van der Waals surface area contributed by atoms with Crippen LogP contribution < -0.4 is 41.0 Å². The average molecular weight is 99.1 g/mol. The third-order valence-corrected chi connectivity index (χ3v) is 0. The summed E-state index contributed by atoms with van der Waals surface area (Å²) in [5.74, 6) is -0.333. The Kier molecular flexibility index (Phi) is 24.4. The molecular formula is CH6N3NaO. The van der Waals surface area contributed by atoms with Crippen molar-refractivity contribution in [2.45, 2.75) is 0 Å². The summed E-state index contributed by atoms with van der Waals surface area (Å²) < 4.78 is 0. The number of hydrogen-bond donors (Lipinski definition) is 3. The molecule has 0 fully saturated rings. The minimum atomic E-state index is -0.333. The first-order valence-corrected chi connectivity index (χ1v) is 0.827. The largest absolute Gasteiger partial charge is 1.00 e. The van der Waals surface area contributed by atoms with Gasteiger partial charge in [-0.05, 0) is 0 Å². The fourth-order valence-electron chi connectivity index (χ4n) is 0. The van der Waals surface area contributed by atoms with E-state index in [0.29, 0.717) is 0 Å². The summed E-state index contributed by atoms with van der Waals surface area (Å²) >= 11 is 0. The van der Waals surface area contributed by atoms with Crippen LogP contribution in [0.2, 0.25) is 0 Å². The van der Waals surface area contributed by atoms with Gasteiger partial charge >= 0.3 is 29.6 Å². The minimum Gasteiger partial charge on any atom is -0.870 e. The molecule has 0 aromatic heterocycles. The zero-order chi connectivity index (χ0) is 3.58. The fourth-order valence-corrected chi connectivity index (χ4v) is 0. The van der Waals surface area contributed by atoms with Gasteiger partial charge in [0.15, 0.2) is 5.96 Å². The van der Waals surface area contributed by atoms with Gasteiger partial charge in [-0.1, -0.05) is 0 Å². The van der Waals surface area contributed by atoms with Crippen LogP contribution in [0.3, 0.4) is 0 Å². The maximum absolute atomic E-state index is 6.06. The molecule has 6 heavy (non-hydrogen) atoms. The van der Waals surface area contributed by atoms with Crippen molar-refractivity contribution >= 4 is 5.96 Å². The zero-order valence-electron chi connectivity index (χ0n) is 3.60. The van der Waals surface area contributed by atoms with Crippen molar-refractivity contribution in [3.63, 3.8) is 0 Å². The minimum absolute atomic E-state index is 0. The Morgan fingerprint density at radius 1 is 1.33 bits per heavy atom. The van der Waals surface area contributed by atoms with Crippen molar-refractivity contribution in [2.24, 2.45) is 11.5 Å². The van der Waals surface area contributed by atoms with Crippen LogP contribution in [0.15, 0.2) is 0 Å². The predicted octanol–water partition coefficient (Wildman–Crippen LogP) is -4.33. The Labute approximate surface area is 58.0 Å². The van der Waals surface area contributed by atoms with Crippen LogP contribution in [0.1, 0.15) is 0 Å². The molecular weight excluding hydrogens is 93.0 g/mol. The Morgan fingerprint density at radius 3 is 1.33 bits per heavy atom. The van der Waals surface area contributed by atoms with E-state index in [-0.39, 0.29) is 41.0 Å². The molecule has 0 aliphatic rings. The number of rotatable bonds is 0. The van der Waals surface area contributed by atoms with E-state index in [2.05, 4.69) is 11.5 Å². The second-order valence-corrected chi connectivity index (χ2v) is 0.455. The Morgan fingerprint density at radius 2 is 1.33 bits per heavy atom. The second kappa shape index (κ2) is 8.97. The summed E-state index contributed by atoms with van der Waals surface area (Å²) in [4.78, 5) is 0. The Hall–Kier alpha value is 0.230. The van der Waals surface area contributed by atoms with E-state index in [1.807, 2.05) is 0 Å². The molecule has 0 aliphatic heterocycles. The van der Waals surface area contributed by atoms with E-state index < -0.39 is 0 Å². The first-order valence-electron chi connectivity index (χ1n) is 0.827. The van der Waals surface area contributed by atoms with Crippen LogP contribution >= 0.6 is 0 Å². The molecule has 4 nitrogen and oxygen atoms in total. The summed E-state index contributed by atoms with van der Waals surface area (Å²) in [5, 5.41) is 6.06. The molecule has 0 radical (unpaired) electrons. The molecule has 0 heterocycles. The fraction of sp³-hybridized carbons (Fsp3) is 0. The van der Waals surface area contributed by atoms with Gasteiger partial charge < -0.3 is 16.9 Å². The molecule has 6 N–H and O–H groups in total. The predicted molar refractivity (Wildman–Crippen MR) is 18.0 cm³/mol. The van der Waals surface area contributed by atoms with Crippen LogP contribution in [-0.2, 0) is 0 Å². The molecule has 0 saturated heterocycles. The van der Waals surface area contributed by atoms with Crippen molar-refractivity contribution in [1.82, 2.24) is 0 Å². The molecule has 0 bridgehead atoms. The Balaban J connectivity index is -0.0000000450. The molecule has 5 heteroatoms. The van der Waals surface area contributed by atoms with Crippen LogP contribution in [0, 0.1) is 5.41 Å². The van der Waals surface area contributed by atoms with E-state index in [4.69, 9.17) is 5.41 Å². The van der Waals surface area contributed by atoms with Crippen molar-refractivity contribution in [2.75, 3.05) is 0 Å². The van der Waals surface area contributed by atoms with Crippen LogP contribution in [0.25, 0.3) is 0 Å². The second-order valence-electron chi connectivity index (χ2n) is 0.455. The maximum Gasteiger partial charge on any atom is 1.00 e. The topological polar surface area (TPSA) is 106 Å². The van der Waals surface area contributed by atoms with E-state index in [1.165, 1.54) is 0 Å². The zero-order valence-corrected chi connectivity index (χ0v) is 5.60. The SMILES string of the molecule is N=C(N)N.[Na+].[OH-]. The van der Waals surface area contributed by atoms with Gasteiger partial charge in [0.05, 0.1) is 0 Å². The van der Waals surface area contributed by atoms with Crippen molar-refractivity contribution < 1.29 is 35.0 Å². The van der Waals surface area contributed by atoms with Crippen LogP contribution in [0.5, 0.6) is 0 Å². The number of guanidine groups is 1. The molecule has 0 atom stereocenters. The van der Waals surface area contributed by atoms with Gasteiger partial charge in [0.1, 0.15) is 0 Å². The summed E-state index contributed by atoms with van der Waals surface area (Å²) in [6.45, 7) is 0. The third-order valence-electron chi connectivity index (χ3n) is 0.